The third-order valence-electron chi connectivity index (χ3n) is 6.01. The van der Waals surface area contributed by atoms with Crippen LogP contribution in [-0.2, 0) is 21.4 Å². The number of carbonyl (C=O) groups is 2. The number of carbonyl (C=O) groups excluding carboxylic acids is 2. The van der Waals surface area contributed by atoms with E-state index in [1.807, 2.05) is 12.1 Å². The number of amides is 2. The predicted molar refractivity (Wildman–Crippen MR) is 121 cm³/mol. The Morgan fingerprint density at radius 3 is 2.34 bits per heavy atom. The van der Waals surface area contributed by atoms with Gasteiger partial charge < -0.3 is 10.2 Å². The first-order valence-electron chi connectivity index (χ1n) is 11.1. The van der Waals surface area contributed by atoms with Crippen LogP contribution in [0, 0.1) is 0 Å². The average Bonchev–Trinajstić information content (AvgIpc) is 3.63. The zero-order valence-electron chi connectivity index (χ0n) is 18.2. The van der Waals surface area contributed by atoms with Gasteiger partial charge in [0.25, 0.3) is 5.91 Å². The van der Waals surface area contributed by atoms with Crippen LogP contribution in [0.15, 0.2) is 59.5 Å². The van der Waals surface area contributed by atoms with Crippen molar-refractivity contribution in [2.75, 3.05) is 13.6 Å². The van der Waals surface area contributed by atoms with Gasteiger partial charge in [-0.25, -0.2) is 8.42 Å². The van der Waals surface area contributed by atoms with Crippen LogP contribution in [0.5, 0.6) is 0 Å². The second kappa shape index (κ2) is 9.42. The van der Waals surface area contributed by atoms with Crippen molar-refractivity contribution >= 4 is 21.8 Å². The fourth-order valence-corrected chi connectivity index (χ4v) is 5.70. The van der Waals surface area contributed by atoms with Gasteiger partial charge in [-0.1, -0.05) is 36.8 Å². The summed E-state index contributed by atoms with van der Waals surface area (Å²) in [6.45, 7) is 0.686. The van der Waals surface area contributed by atoms with Gasteiger partial charge >= 0.3 is 0 Å². The topological polar surface area (TPSA) is 86.8 Å². The van der Waals surface area contributed by atoms with E-state index in [9.17, 15) is 18.0 Å². The minimum atomic E-state index is -3.74. The second-order valence-corrected chi connectivity index (χ2v) is 10.5. The summed E-state index contributed by atoms with van der Waals surface area (Å²) in [5.41, 5.74) is 1.49. The number of hydrogen-bond acceptors (Lipinski definition) is 4. The molecule has 2 aliphatic rings. The maximum atomic E-state index is 13.2. The van der Waals surface area contributed by atoms with Crippen molar-refractivity contribution in [2.45, 2.75) is 55.6 Å². The molecule has 1 unspecified atom stereocenters. The Bertz CT molecular complexity index is 1070. The molecule has 1 saturated heterocycles. The molecule has 1 aliphatic carbocycles. The maximum Gasteiger partial charge on any atom is 0.251 e. The van der Waals surface area contributed by atoms with Gasteiger partial charge in [-0.15, -0.1) is 0 Å². The van der Waals surface area contributed by atoms with Gasteiger partial charge in [0.2, 0.25) is 15.9 Å². The van der Waals surface area contributed by atoms with Crippen molar-refractivity contribution in [3.63, 3.8) is 0 Å². The summed E-state index contributed by atoms with van der Waals surface area (Å²) in [6, 6.07) is 15.1. The van der Waals surface area contributed by atoms with E-state index in [2.05, 4.69) is 5.32 Å². The largest absolute Gasteiger partial charge is 0.349 e. The van der Waals surface area contributed by atoms with Gasteiger partial charge in [-0.05, 0) is 55.5 Å². The van der Waals surface area contributed by atoms with E-state index in [1.54, 1.807) is 54.4 Å². The van der Waals surface area contributed by atoms with Crippen molar-refractivity contribution in [3.05, 3.63) is 65.7 Å². The Labute approximate surface area is 189 Å². The summed E-state index contributed by atoms with van der Waals surface area (Å²) in [6.07, 6.45) is 4.14. The lowest BCUT2D eigenvalue weighted by atomic mass is 10.0. The molecule has 2 amide bonds. The molecule has 7 nitrogen and oxygen atoms in total. The van der Waals surface area contributed by atoms with Crippen molar-refractivity contribution in [2.24, 2.45) is 0 Å². The van der Waals surface area contributed by atoms with E-state index >= 15 is 0 Å². The minimum Gasteiger partial charge on any atom is -0.349 e. The van der Waals surface area contributed by atoms with Gasteiger partial charge in [-0.3, -0.25) is 9.59 Å². The molecule has 0 bridgehead atoms. The van der Waals surface area contributed by atoms with Crippen molar-refractivity contribution in [1.82, 2.24) is 14.5 Å². The molecule has 32 heavy (non-hydrogen) atoms. The Hall–Kier alpha value is -2.71. The molecule has 4 rings (SSSR count). The molecule has 0 radical (unpaired) electrons. The maximum absolute atomic E-state index is 13.2. The molecule has 8 heteroatoms. The van der Waals surface area contributed by atoms with Crippen LogP contribution < -0.4 is 5.32 Å². The zero-order chi connectivity index (χ0) is 22.7. The van der Waals surface area contributed by atoms with E-state index in [0.717, 1.165) is 31.2 Å². The summed E-state index contributed by atoms with van der Waals surface area (Å²) < 4.78 is 27.7. The number of sulfonamides is 1. The number of rotatable bonds is 7. The Morgan fingerprint density at radius 2 is 1.69 bits per heavy atom. The fraction of sp³-hybridized carbons (Fsp3) is 0.417. The van der Waals surface area contributed by atoms with Gasteiger partial charge in [0, 0.05) is 31.7 Å². The van der Waals surface area contributed by atoms with E-state index in [4.69, 9.17) is 0 Å². The van der Waals surface area contributed by atoms with Gasteiger partial charge in [0.1, 0.15) is 6.04 Å². The number of likely N-dealkylation sites (N-methyl/N-ethyl adjacent to an activating group) is 1. The number of hydrogen-bond donors (Lipinski definition) is 1. The van der Waals surface area contributed by atoms with Crippen LogP contribution in [0.4, 0.5) is 0 Å². The monoisotopic (exact) mass is 455 g/mol. The van der Waals surface area contributed by atoms with Crippen LogP contribution in [0.25, 0.3) is 0 Å². The Morgan fingerprint density at radius 1 is 1.00 bits per heavy atom. The standard InChI is InChI=1S/C24H29N3O4S/c1-26(17-18-10-12-19(13-11-18)23(28)25-20-14-15-20)24(29)22-9-5-6-16-27(22)32(30,31)21-7-3-2-4-8-21/h2-4,7-8,10-13,20,22H,5-6,9,14-17H2,1H3,(H,25,28). The molecule has 1 heterocycles. The number of nitrogens with zero attached hydrogens (tertiary/aromatic N) is 2. The summed E-state index contributed by atoms with van der Waals surface area (Å²) in [4.78, 5) is 27.2. The summed E-state index contributed by atoms with van der Waals surface area (Å²) in [5.74, 6) is -0.285. The van der Waals surface area contributed by atoms with E-state index in [-0.39, 0.29) is 16.7 Å². The summed E-state index contributed by atoms with van der Waals surface area (Å²) in [5, 5.41) is 2.96. The van der Waals surface area contributed by atoms with Crippen molar-refractivity contribution in [1.29, 1.82) is 0 Å². The highest BCUT2D eigenvalue weighted by atomic mass is 32.2. The van der Waals surface area contributed by atoms with E-state index in [1.165, 1.54) is 4.31 Å². The highest BCUT2D eigenvalue weighted by molar-refractivity contribution is 7.89. The fourth-order valence-electron chi connectivity index (χ4n) is 4.03. The third kappa shape index (κ3) is 5.02. The van der Waals surface area contributed by atoms with E-state index in [0.29, 0.717) is 31.1 Å². The number of benzene rings is 2. The first-order valence-corrected chi connectivity index (χ1v) is 12.5. The lowest BCUT2D eigenvalue weighted by Gasteiger charge is -2.35. The van der Waals surface area contributed by atoms with E-state index < -0.39 is 16.1 Å². The highest BCUT2D eigenvalue weighted by Gasteiger charge is 2.38. The van der Waals surface area contributed by atoms with Crippen LogP contribution in [0.2, 0.25) is 0 Å². The molecular weight excluding hydrogens is 426 g/mol. The van der Waals surface area contributed by atoms with Crippen molar-refractivity contribution in [3.8, 4) is 0 Å². The lowest BCUT2D eigenvalue weighted by molar-refractivity contribution is -0.135. The van der Waals surface area contributed by atoms with Gasteiger partial charge in [-0.2, -0.15) is 4.31 Å². The molecule has 1 saturated carbocycles. The quantitative estimate of drug-likeness (QED) is 0.696. The molecule has 2 aromatic carbocycles. The number of piperidine rings is 1. The Balaban J connectivity index is 1.44. The SMILES string of the molecule is CN(Cc1ccc(C(=O)NC2CC2)cc1)C(=O)C1CCCCN1S(=O)(=O)c1ccccc1. The minimum absolute atomic E-state index is 0.0764. The predicted octanol–water partition coefficient (Wildman–Crippen LogP) is 2.78. The normalized spacial score (nSPS) is 19.3. The highest BCUT2D eigenvalue weighted by Crippen LogP contribution is 2.27. The first-order chi connectivity index (χ1) is 15.4. The molecule has 0 aromatic heterocycles. The summed E-state index contributed by atoms with van der Waals surface area (Å²) >= 11 is 0. The zero-order valence-corrected chi connectivity index (χ0v) is 19.1. The van der Waals surface area contributed by atoms with Crippen molar-refractivity contribution < 1.29 is 18.0 Å². The number of nitrogens with one attached hydrogen (secondary N) is 1. The molecule has 0 spiro atoms. The van der Waals surface area contributed by atoms with Crippen LogP contribution in [0.1, 0.15) is 48.0 Å². The van der Waals surface area contributed by atoms with Gasteiger partial charge in [0.15, 0.2) is 0 Å². The summed E-state index contributed by atoms with van der Waals surface area (Å²) in [7, 11) is -2.05. The molecule has 1 atom stereocenters. The molecular formula is C24H29N3O4S. The van der Waals surface area contributed by atoms with Gasteiger partial charge in [0.05, 0.1) is 4.90 Å². The Kier molecular flexibility index (Phi) is 6.62. The van der Waals surface area contributed by atoms with Crippen LogP contribution in [-0.4, -0.2) is 55.1 Å². The van der Waals surface area contributed by atoms with Crippen LogP contribution in [0.3, 0.4) is 0 Å². The molecule has 2 aromatic rings. The second-order valence-electron chi connectivity index (χ2n) is 8.58. The van der Waals surface area contributed by atoms with Crippen LogP contribution >= 0.6 is 0 Å². The first kappa shape index (κ1) is 22.5. The molecule has 2 fully saturated rings. The lowest BCUT2D eigenvalue weighted by Crippen LogP contribution is -2.51. The molecule has 1 aliphatic heterocycles. The molecule has 170 valence electrons. The molecule has 1 N–H and O–H groups in total. The third-order valence-corrected chi connectivity index (χ3v) is 7.94. The smallest absolute Gasteiger partial charge is 0.251 e. The average molecular weight is 456 g/mol.